The molecule has 1 aromatic heterocycles. The van der Waals surface area contributed by atoms with Crippen molar-refractivity contribution >= 4 is 16.7 Å². The maximum absolute atomic E-state index is 12.0. The Kier molecular flexibility index (Phi) is 2.36. The molecule has 0 unspecified atom stereocenters. The predicted molar refractivity (Wildman–Crippen MR) is 86.7 cm³/mol. The Hall–Kier alpha value is -1.87. The Balaban J connectivity index is 1.79. The Morgan fingerprint density at radius 1 is 1.36 bits per heavy atom. The van der Waals surface area contributed by atoms with E-state index in [1.165, 1.54) is 22.2 Å². The first kappa shape index (κ1) is 12.7. The van der Waals surface area contributed by atoms with Gasteiger partial charge in [0.25, 0.3) is 0 Å². The van der Waals surface area contributed by atoms with E-state index in [-0.39, 0.29) is 11.3 Å². The number of aromatic nitrogens is 1. The molecular formula is C19H20N2O. The molecule has 0 radical (unpaired) electrons. The van der Waals surface area contributed by atoms with E-state index in [0.717, 1.165) is 37.9 Å². The van der Waals surface area contributed by atoms with E-state index in [4.69, 9.17) is 0 Å². The molecule has 22 heavy (non-hydrogen) atoms. The smallest absolute Gasteiger partial charge is 0.155 e. The molecule has 1 aliphatic carbocycles. The third-order valence-electron chi connectivity index (χ3n) is 5.89. The molecule has 2 aromatic rings. The standard InChI is InChI=1S/C19H20N2O/c1-12(22)14-8-13-9-19(10-14)18-16(6-7-21(19)11-13)15-4-2-3-5-17(15)20-18/h2-5,10,13,20H,6-9,11H2,1H3/t13-,19+/m0/s1. The number of H-pyrrole nitrogens is 1. The van der Waals surface area contributed by atoms with Crippen molar-refractivity contribution in [1.29, 1.82) is 0 Å². The molecule has 1 saturated heterocycles. The molecule has 0 saturated carbocycles. The first-order chi connectivity index (χ1) is 10.7. The Morgan fingerprint density at radius 2 is 2.23 bits per heavy atom. The number of hydrogen-bond acceptors (Lipinski definition) is 2. The number of rotatable bonds is 1. The number of nitrogens with one attached hydrogen (secondary N) is 1. The van der Waals surface area contributed by atoms with Crippen molar-refractivity contribution in [1.82, 2.24) is 9.88 Å². The summed E-state index contributed by atoms with van der Waals surface area (Å²) in [5, 5.41) is 1.36. The summed E-state index contributed by atoms with van der Waals surface area (Å²) in [4.78, 5) is 18.3. The van der Waals surface area contributed by atoms with E-state index in [9.17, 15) is 4.79 Å². The zero-order valence-corrected chi connectivity index (χ0v) is 12.9. The zero-order valence-electron chi connectivity index (χ0n) is 12.9. The van der Waals surface area contributed by atoms with Crippen LogP contribution in [0.25, 0.3) is 10.9 Å². The lowest BCUT2D eigenvalue weighted by Gasteiger charge is -2.41. The molecule has 3 heterocycles. The minimum Gasteiger partial charge on any atom is -0.356 e. The van der Waals surface area contributed by atoms with Crippen LogP contribution in [-0.4, -0.2) is 28.8 Å². The molecule has 5 rings (SSSR count). The van der Waals surface area contributed by atoms with Crippen molar-refractivity contribution in [2.24, 2.45) is 5.92 Å². The van der Waals surface area contributed by atoms with Gasteiger partial charge in [-0.25, -0.2) is 0 Å². The van der Waals surface area contributed by atoms with Gasteiger partial charge in [-0.05, 0) is 49.3 Å². The van der Waals surface area contributed by atoms with Crippen molar-refractivity contribution in [2.45, 2.75) is 31.7 Å². The number of hydrogen-bond donors (Lipinski definition) is 1. The summed E-state index contributed by atoms with van der Waals surface area (Å²) in [6.45, 7) is 3.95. The second-order valence-corrected chi connectivity index (χ2v) is 7.14. The summed E-state index contributed by atoms with van der Waals surface area (Å²) in [6, 6.07) is 8.60. The summed E-state index contributed by atoms with van der Waals surface area (Å²) >= 11 is 0. The number of ketones is 1. The lowest BCUT2D eigenvalue weighted by atomic mass is 9.76. The van der Waals surface area contributed by atoms with E-state index in [1.54, 1.807) is 6.92 Å². The molecule has 3 aliphatic rings. The normalized spacial score (nSPS) is 30.0. The van der Waals surface area contributed by atoms with Gasteiger partial charge < -0.3 is 4.98 Å². The average molecular weight is 292 g/mol. The van der Waals surface area contributed by atoms with Gasteiger partial charge in [0, 0.05) is 29.7 Å². The van der Waals surface area contributed by atoms with Crippen LogP contribution in [0.3, 0.4) is 0 Å². The summed E-state index contributed by atoms with van der Waals surface area (Å²) < 4.78 is 0. The van der Waals surface area contributed by atoms with Gasteiger partial charge in [0.15, 0.2) is 5.78 Å². The molecule has 0 amide bonds. The van der Waals surface area contributed by atoms with E-state index < -0.39 is 0 Å². The third-order valence-corrected chi connectivity index (χ3v) is 5.89. The number of carbonyl (C=O) groups is 1. The van der Waals surface area contributed by atoms with Crippen molar-refractivity contribution in [3.8, 4) is 0 Å². The maximum atomic E-state index is 12.0. The van der Waals surface area contributed by atoms with Crippen LogP contribution >= 0.6 is 0 Å². The Labute approximate surface area is 130 Å². The van der Waals surface area contributed by atoms with Gasteiger partial charge >= 0.3 is 0 Å². The highest BCUT2D eigenvalue weighted by Gasteiger charge is 2.52. The minimum absolute atomic E-state index is 0.0590. The van der Waals surface area contributed by atoms with Crippen LogP contribution in [0, 0.1) is 5.92 Å². The second-order valence-electron chi connectivity index (χ2n) is 7.14. The first-order valence-corrected chi connectivity index (χ1v) is 8.25. The molecule has 3 heteroatoms. The lowest BCUT2D eigenvalue weighted by molar-refractivity contribution is -0.114. The van der Waals surface area contributed by atoms with Crippen molar-refractivity contribution in [3.63, 3.8) is 0 Å². The molecule has 112 valence electrons. The van der Waals surface area contributed by atoms with Crippen LogP contribution < -0.4 is 0 Å². The molecule has 2 aliphatic heterocycles. The molecule has 3 nitrogen and oxygen atoms in total. The highest BCUT2D eigenvalue weighted by molar-refractivity contribution is 5.94. The van der Waals surface area contributed by atoms with Crippen LogP contribution in [0.1, 0.15) is 31.0 Å². The van der Waals surface area contributed by atoms with E-state index in [1.807, 2.05) is 0 Å². The summed E-state index contributed by atoms with van der Waals surface area (Å²) in [5.41, 5.74) is 5.02. The number of nitrogens with zero attached hydrogens (tertiary/aromatic N) is 1. The van der Waals surface area contributed by atoms with Gasteiger partial charge in [-0.1, -0.05) is 24.3 Å². The molecule has 1 spiro atoms. The number of aromatic amines is 1. The third kappa shape index (κ3) is 1.47. The average Bonchev–Trinajstić information content (AvgIpc) is 3.01. The van der Waals surface area contributed by atoms with Crippen LogP contribution in [-0.2, 0) is 16.8 Å². The fourth-order valence-corrected chi connectivity index (χ4v) is 5.00. The van der Waals surface area contributed by atoms with Crippen molar-refractivity contribution < 1.29 is 4.79 Å². The fourth-order valence-electron chi connectivity index (χ4n) is 5.00. The monoisotopic (exact) mass is 292 g/mol. The van der Waals surface area contributed by atoms with Crippen LogP contribution in [0.4, 0.5) is 0 Å². The van der Waals surface area contributed by atoms with E-state index in [2.05, 4.69) is 40.2 Å². The largest absolute Gasteiger partial charge is 0.356 e. The van der Waals surface area contributed by atoms with Crippen molar-refractivity contribution in [3.05, 3.63) is 47.2 Å². The fraction of sp³-hybridized carbons (Fsp3) is 0.421. The molecule has 1 fully saturated rings. The number of carbonyl (C=O) groups excluding carboxylic acids is 1. The van der Waals surface area contributed by atoms with E-state index >= 15 is 0 Å². The first-order valence-electron chi connectivity index (χ1n) is 8.25. The highest BCUT2D eigenvalue weighted by Crippen LogP contribution is 2.52. The van der Waals surface area contributed by atoms with Gasteiger partial charge in [-0.3, -0.25) is 9.69 Å². The summed E-state index contributed by atoms with van der Waals surface area (Å²) in [6.07, 6.45) is 5.51. The van der Waals surface area contributed by atoms with Crippen LogP contribution in [0.5, 0.6) is 0 Å². The quantitative estimate of drug-likeness (QED) is 0.876. The Bertz CT molecular complexity index is 831. The molecule has 1 aromatic carbocycles. The number of para-hydroxylation sites is 1. The number of fused-ring (bicyclic) bond motifs is 4. The van der Waals surface area contributed by atoms with Gasteiger partial charge in [0.05, 0.1) is 5.54 Å². The van der Waals surface area contributed by atoms with Gasteiger partial charge in [0.2, 0.25) is 0 Å². The topological polar surface area (TPSA) is 36.1 Å². The van der Waals surface area contributed by atoms with Gasteiger partial charge in [0.1, 0.15) is 0 Å². The number of Topliss-reactive ketones (excluding diaryl/α,β-unsaturated/α-hetero) is 1. The minimum atomic E-state index is -0.0590. The number of allylic oxidation sites excluding steroid dienone is 1. The molecule has 2 bridgehead atoms. The molecular weight excluding hydrogens is 272 g/mol. The lowest BCUT2D eigenvalue weighted by Crippen LogP contribution is -2.45. The Morgan fingerprint density at radius 3 is 3.09 bits per heavy atom. The number of benzene rings is 1. The zero-order chi connectivity index (χ0) is 14.9. The highest BCUT2D eigenvalue weighted by atomic mass is 16.1. The van der Waals surface area contributed by atoms with Crippen LogP contribution in [0.2, 0.25) is 0 Å². The SMILES string of the molecule is CC(=O)C1=C[C@@]23C[C@H](C1)CN2CCc1c3[nH]c2ccccc12. The van der Waals surface area contributed by atoms with Gasteiger partial charge in [-0.2, -0.15) is 0 Å². The summed E-state index contributed by atoms with van der Waals surface area (Å²) in [5.74, 6) is 0.871. The maximum Gasteiger partial charge on any atom is 0.155 e. The second kappa shape index (κ2) is 4.11. The van der Waals surface area contributed by atoms with Gasteiger partial charge in [-0.15, -0.1) is 0 Å². The van der Waals surface area contributed by atoms with Crippen LogP contribution in [0.15, 0.2) is 35.9 Å². The van der Waals surface area contributed by atoms with Crippen molar-refractivity contribution in [2.75, 3.05) is 13.1 Å². The predicted octanol–water partition coefficient (Wildman–Crippen LogP) is 3.16. The summed E-state index contributed by atoms with van der Waals surface area (Å²) in [7, 11) is 0. The van der Waals surface area contributed by atoms with E-state index in [0.29, 0.717) is 5.92 Å². The molecule has 1 N–H and O–H groups in total. The molecule has 2 atom stereocenters.